The molecule has 0 aliphatic carbocycles. The maximum absolute atomic E-state index is 8.57. The van der Waals surface area contributed by atoms with Crippen LogP contribution >= 0.6 is 39.1 Å². The molecule has 0 unspecified atom stereocenters. The van der Waals surface area contributed by atoms with Gasteiger partial charge >= 0.3 is 0 Å². The highest BCUT2D eigenvalue weighted by molar-refractivity contribution is 9.08. The molecule has 0 heterocycles. The molecule has 0 atom stereocenters. The van der Waals surface area contributed by atoms with Gasteiger partial charge in [-0.2, -0.15) is 5.26 Å². The van der Waals surface area contributed by atoms with Crippen LogP contribution in [-0.4, -0.2) is 0 Å². The Hall–Kier alpha value is -0.230. The van der Waals surface area contributed by atoms with Gasteiger partial charge in [0, 0.05) is 15.4 Å². The first kappa shape index (κ1) is 9.85. The number of hydrogen-bond acceptors (Lipinski definition) is 1. The summed E-state index contributed by atoms with van der Waals surface area (Å²) in [7, 11) is 0. The fraction of sp³-hybridized carbons (Fsp3) is 0.125. The molecule has 0 amide bonds. The lowest BCUT2D eigenvalue weighted by Gasteiger charge is -2.02. The first-order valence-electron chi connectivity index (χ1n) is 3.13. The summed E-state index contributed by atoms with van der Waals surface area (Å²) in [6, 6.07) is 5.18. The minimum Gasteiger partial charge on any atom is -0.192 e. The van der Waals surface area contributed by atoms with Gasteiger partial charge in [0.2, 0.25) is 0 Å². The Kier molecular flexibility index (Phi) is 3.39. The van der Waals surface area contributed by atoms with Gasteiger partial charge in [0.05, 0.1) is 11.6 Å². The molecule has 0 spiro atoms. The van der Waals surface area contributed by atoms with Crippen molar-refractivity contribution >= 4 is 39.1 Å². The van der Waals surface area contributed by atoms with E-state index in [-0.39, 0.29) is 0 Å². The van der Waals surface area contributed by atoms with Crippen molar-refractivity contribution in [3.63, 3.8) is 0 Å². The van der Waals surface area contributed by atoms with Crippen LogP contribution in [0.5, 0.6) is 0 Å². The smallest absolute Gasteiger partial charge is 0.0992 e. The van der Waals surface area contributed by atoms with Crippen molar-refractivity contribution in [2.45, 2.75) is 5.33 Å². The highest BCUT2D eigenvalue weighted by Gasteiger charge is 2.06. The molecule has 62 valence electrons. The van der Waals surface area contributed by atoms with Crippen LogP contribution in [0.2, 0.25) is 10.0 Å². The van der Waals surface area contributed by atoms with E-state index in [4.69, 9.17) is 28.5 Å². The maximum atomic E-state index is 8.57. The van der Waals surface area contributed by atoms with Crippen LogP contribution in [-0.2, 0) is 5.33 Å². The molecular formula is C8H4BrCl2N. The van der Waals surface area contributed by atoms with E-state index in [2.05, 4.69) is 15.9 Å². The molecule has 0 aliphatic rings. The third-order valence-electron chi connectivity index (χ3n) is 1.40. The Morgan fingerprint density at radius 1 is 1.33 bits per heavy atom. The number of benzene rings is 1. The van der Waals surface area contributed by atoms with E-state index in [1.807, 2.05) is 6.07 Å². The van der Waals surface area contributed by atoms with E-state index in [9.17, 15) is 0 Å². The van der Waals surface area contributed by atoms with E-state index in [0.717, 1.165) is 5.56 Å². The van der Waals surface area contributed by atoms with E-state index in [0.29, 0.717) is 20.9 Å². The van der Waals surface area contributed by atoms with Crippen LogP contribution in [0.3, 0.4) is 0 Å². The molecule has 4 heteroatoms. The summed E-state index contributed by atoms with van der Waals surface area (Å²) in [5, 5.41) is 10.2. The molecule has 0 saturated heterocycles. The van der Waals surface area contributed by atoms with Crippen LogP contribution in [0, 0.1) is 11.3 Å². The number of alkyl halides is 1. The second-order valence-corrected chi connectivity index (χ2v) is 3.54. The fourth-order valence-corrected chi connectivity index (χ4v) is 2.34. The average molecular weight is 265 g/mol. The second kappa shape index (κ2) is 4.13. The van der Waals surface area contributed by atoms with Gasteiger partial charge in [0.15, 0.2) is 0 Å². The Bertz CT molecular complexity index is 320. The average Bonchev–Trinajstić information content (AvgIpc) is 2.03. The van der Waals surface area contributed by atoms with E-state index in [1.54, 1.807) is 12.1 Å². The molecule has 0 fully saturated rings. The van der Waals surface area contributed by atoms with Gasteiger partial charge in [-0.05, 0) is 17.7 Å². The molecule has 0 aliphatic heterocycles. The predicted octanol–water partition coefficient (Wildman–Crippen LogP) is 3.76. The number of rotatable bonds is 1. The zero-order valence-electron chi connectivity index (χ0n) is 5.94. The van der Waals surface area contributed by atoms with Crippen LogP contribution in [0.1, 0.15) is 11.1 Å². The van der Waals surface area contributed by atoms with Crippen molar-refractivity contribution in [1.82, 2.24) is 0 Å². The van der Waals surface area contributed by atoms with Gasteiger partial charge in [0.25, 0.3) is 0 Å². The fourth-order valence-electron chi connectivity index (χ4n) is 0.795. The number of hydrogen-bond donors (Lipinski definition) is 0. The van der Waals surface area contributed by atoms with Gasteiger partial charge in [-0.1, -0.05) is 39.1 Å². The lowest BCUT2D eigenvalue weighted by atomic mass is 10.2. The Labute approximate surface area is 89.0 Å². The predicted molar refractivity (Wildman–Crippen MR) is 53.8 cm³/mol. The SMILES string of the molecule is N#Cc1cc(Cl)c(CBr)c(Cl)c1. The summed E-state index contributed by atoms with van der Waals surface area (Å²) in [6.07, 6.45) is 0. The normalized spacial score (nSPS) is 9.50. The molecule has 1 aromatic carbocycles. The van der Waals surface area contributed by atoms with Gasteiger partial charge in [-0.3, -0.25) is 0 Å². The number of halogens is 3. The highest BCUT2D eigenvalue weighted by Crippen LogP contribution is 2.28. The van der Waals surface area contributed by atoms with Crippen molar-refractivity contribution in [2.24, 2.45) is 0 Å². The highest BCUT2D eigenvalue weighted by atomic mass is 79.9. The standard InChI is InChI=1S/C8H4BrCl2N/c9-3-6-7(10)1-5(4-12)2-8(6)11/h1-2H,3H2. The summed E-state index contributed by atoms with van der Waals surface area (Å²) in [5.41, 5.74) is 1.30. The topological polar surface area (TPSA) is 23.8 Å². The van der Waals surface area contributed by atoms with Crippen LogP contribution in [0.25, 0.3) is 0 Å². The summed E-state index contributed by atoms with van der Waals surface area (Å²) >= 11 is 14.9. The molecule has 0 saturated carbocycles. The lowest BCUT2D eigenvalue weighted by molar-refractivity contribution is 1.41. The van der Waals surface area contributed by atoms with Gasteiger partial charge < -0.3 is 0 Å². The van der Waals surface area contributed by atoms with Crippen LogP contribution in [0.4, 0.5) is 0 Å². The molecule has 0 aromatic heterocycles. The lowest BCUT2D eigenvalue weighted by Crippen LogP contribution is -1.84. The molecule has 12 heavy (non-hydrogen) atoms. The van der Waals surface area contributed by atoms with Crippen molar-refractivity contribution in [1.29, 1.82) is 5.26 Å². The second-order valence-electron chi connectivity index (χ2n) is 2.16. The molecule has 0 bridgehead atoms. The quantitative estimate of drug-likeness (QED) is 0.709. The first-order chi connectivity index (χ1) is 5.69. The van der Waals surface area contributed by atoms with Crippen LogP contribution < -0.4 is 0 Å². The third-order valence-corrected chi connectivity index (χ3v) is 2.64. The van der Waals surface area contributed by atoms with E-state index >= 15 is 0 Å². The van der Waals surface area contributed by atoms with Gasteiger partial charge in [-0.15, -0.1) is 0 Å². The summed E-state index contributed by atoms with van der Waals surface area (Å²) in [6.45, 7) is 0. The summed E-state index contributed by atoms with van der Waals surface area (Å²) < 4.78 is 0. The van der Waals surface area contributed by atoms with Crippen LogP contribution in [0.15, 0.2) is 12.1 Å². The maximum Gasteiger partial charge on any atom is 0.0992 e. The third kappa shape index (κ3) is 1.92. The monoisotopic (exact) mass is 263 g/mol. The molecule has 1 rings (SSSR count). The van der Waals surface area contributed by atoms with Gasteiger partial charge in [-0.25, -0.2) is 0 Å². The zero-order valence-corrected chi connectivity index (χ0v) is 9.04. The summed E-state index contributed by atoms with van der Waals surface area (Å²) in [5.74, 6) is 0. The first-order valence-corrected chi connectivity index (χ1v) is 5.00. The Morgan fingerprint density at radius 2 is 1.83 bits per heavy atom. The summed E-state index contributed by atoms with van der Waals surface area (Å²) in [4.78, 5) is 0. The minimum atomic E-state index is 0.481. The Morgan fingerprint density at radius 3 is 2.17 bits per heavy atom. The zero-order chi connectivity index (χ0) is 9.14. The molecular weight excluding hydrogens is 261 g/mol. The van der Waals surface area contributed by atoms with Gasteiger partial charge in [0.1, 0.15) is 0 Å². The van der Waals surface area contributed by atoms with E-state index in [1.165, 1.54) is 0 Å². The Balaban J connectivity index is 3.30. The van der Waals surface area contributed by atoms with E-state index < -0.39 is 0 Å². The molecule has 1 aromatic rings. The van der Waals surface area contributed by atoms with Crippen molar-refractivity contribution in [2.75, 3.05) is 0 Å². The largest absolute Gasteiger partial charge is 0.192 e. The van der Waals surface area contributed by atoms with Crippen molar-refractivity contribution in [3.05, 3.63) is 33.3 Å². The number of nitrogens with zero attached hydrogens (tertiary/aromatic N) is 1. The molecule has 0 N–H and O–H groups in total. The molecule has 0 radical (unpaired) electrons. The minimum absolute atomic E-state index is 0.481. The van der Waals surface area contributed by atoms with Crippen molar-refractivity contribution in [3.8, 4) is 6.07 Å². The number of nitriles is 1. The van der Waals surface area contributed by atoms with Crippen molar-refractivity contribution < 1.29 is 0 Å². The molecule has 1 nitrogen and oxygen atoms in total.